The molecule has 18 heavy (non-hydrogen) atoms. The summed E-state index contributed by atoms with van der Waals surface area (Å²) in [4.78, 5) is 12.2. The Labute approximate surface area is 112 Å². The Morgan fingerprint density at radius 2 is 2.28 bits per heavy atom. The third-order valence-corrected chi connectivity index (χ3v) is 5.19. The first-order valence-electron chi connectivity index (χ1n) is 6.68. The molecule has 96 valence electrons. The van der Waals surface area contributed by atoms with E-state index in [1.807, 2.05) is 17.8 Å². The molecule has 1 saturated heterocycles. The average molecular weight is 262 g/mol. The van der Waals surface area contributed by atoms with Crippen molar-refractivity contribution in [3.05, 3.63) is 35.4 Å². The Morgan fingerprint density at radius 3 is 3.11 bits per heavy atom. The van der Waals surface area contributed by atoms with Crippen LogP contribution in [0.3, 0.4) is 0 Å². The maximum Gasteiger partial charge on any atom is 0.148 e. The van der Waals surface area contributed by atoms with Gasteiger partial charge in [-0.2, -0.15) is 11.8 Å². The zero-order valence-electron chi connectivity index (χ0n) is 10.4. The van der Waals surface area contributed by atoms with Gasteiger partial charge < -0.3 is 4.74 Å². The first-order chi connectivity index (χ1) is 8.84. The van der Waals surface area contributed by atoms with Crippen molar-refractivity contribution in [2.45, 2.75) is 37.0 Å². The van der Waals surface area contributed by atoms with E-state index in [2.05, 4.69) is 18.2 Å². The number of fused-ring (bicyclic) bond motifs is 1. The fourth-order valence-corrected chi connectivity index (χ4v) is 4.02. The molecule has 2 atom stereocenters. The van der Waals surface area contributed by atoms with Crippen LogP contribution in [0.1, 0.15) is 36.5 Å². The van der Waals surface area contributed by atoms with E-state index in [1.165, 1.54) is 17.5 Å². The number of hydrogen-bond donors (Lipinski definition) is 0. The van der Waals surface area contributed by atoms with Crippen molar-refractivity contribution in [1.29, 1.82) is 0 Å². The van der Waals surface area contributed by atoms with Gasteiger partial charge in [-0.15, -0.1) is 0 Å². The number of hydrogen-bond acceptors (Lipinski definition) is 3. The van der Waals surface area contributed by atoms with Crippen LogP contribution in [0.4, 0.5) is 0 Å². The minimum atomic E-state index is -0.0105. The largest absolute Gasteiger partial charge is 0.373 e. The molecular formula is C15H18O2S. The molecule has 0 N–H and O–H groups in total. The Kier molecular flexibility index (Phi) is 3.71. The summed E-state index contributed by atoms with van der Waals surface area (Å²) < 4.78 is 5.80. The summed E-state index contributed by atoms with van der Waals surface area (Å²) >= 11 is 1.82. The van der Waals surface area contributed by atoms with E-state index in [4.69, 9.17) is 4.74 Å². The number of carbonyl (C=O) groups is 1. The molecule has 2 aliphatic rings. The molecule has 3 rings (SSSR count). The summed E-state index contributed by atoms with van der Waals surface area (Å²) in [6.07, 6.45) is 3.75. The zero-order chi connectivity index (χ0) is 12.4. The highest BCUT2D eigenvalue weighted by molar-refractivity contribution is 8.00. The van der Waals surface area contributed by atoms with E-state index in [0.717, 1.165) is 25.2 Å². The lowest BCUT2D eigenvalue weighted by molar-refractivity contribution is -0.121. The van der Waals surface area contributed by atoms with Crippen molar-refractivity contribution in [3.8, 4) is 0 Å². The SMILES string of the molecule is O=C(CC1OCCc2ccccc21)C1CCCS1. The van der Waals surface area contributed by atoms with E-state index >= 15 is 0 Å². The van der Waals surface area contributed by atoms with Gasteiger partial charge in [0.2, 0.25) is 0 Å². The molecule has 0 aliphatic carbocycles. The first-order valence-corrected chi connectivity index (χ1v) is 7.73. The van der Waals surface area contributed by atoms with Gasteiger partial charge in [0.05, 0.1) is 18.0 Å². The van der Waals surface area contributed by atoms with Crippen LogP contribution in [-0.4, -0.2) is 23.4 Å². The molecule has 0 saturated carbocycles. The van der Waals surface area contributed by atoms with Gasteiger partial charge in [0, 0.05) is 6.42 Å². The number of carbonyl (C=O) groups excluding carboxylic acids is 1. The van der Waals surface area contributed by atoms with E-state index in [1.54, 1.807) is 0 Å². The molecule has 0 bridgehead atoms. The smallest absolute Gasteiger partial charge is 0.148 e. The Hall–Kier alpha value is -0.800. The number of thioether (sulfide) groups is 1. The fourth-order valence-electron chi connectivity index (χ4n) is 2.79. The second-order valence-corrected chi connectivity index (χ2v) is 6.29. The minimum absolute atomic E-state index is 0.0105. The molecule has 2 nitrogen and oxygen atoms in total. The fraction of sp³-hybridized carbons (Fsp3) is 0.533. The van der Waals surface area contributed by atoms with Gasteiger partial charge in [0.25, 0.3) is 0 Å². The van der Waals surface area contributed by atoms with Gasteiger partial charge in [0.1, 0.15) is 5.78 Å². The van der Waals surface area contributed by atoms with Crippen molar-refractivity contribution < 1.29 is 9.53 Å². The van der Waals surface area contributed by atoms with E-state index in [0.29, 0.717) is 12.2 Å². The van der Waals surface area contributed by atoms with Gasteiger partial charge >= 0.3 is 0 Å². The third-order valence-electron chi connectivity index (χ3n) is 3.77. The molecule has 0 radical (unpaired) electrons. The quantitative estimate of drug-likeness (QED) is 0.837. The van der Waals surface area contributed by atoms with Crippen LogP contribution in [0.5, 0.6) is 0 Å². The third kappa shape index (κ3) is 2.47. The number of benzene rings is 1. The number of Topliss-reactive ketones (excluding diaryl/α,β-unsaturated/α-hetero) is 1. The normalized spacial score (nSPS) is 26.9. The predicted molar refractivity (Wildman–Crippen MR) is 73.9 cm³/mol. The van der Waals surface area contributed by atoms with Crippen LogP contribution in [0, 0.1) is 0 Å². The van der Waals surface area contributed by atoms with Crippen molar-refractivity contribution in [1.82, 2.24) is 0 Å². The van der Waals surface area contributed by atoms with Crippen LogP contribution in [0.2, 0.25) is 0 Å². The highest BCUT2D eigenvalue weighted by Crippen LogP contribution is 2.33. The van der Waals surface area contributed by atoms with Crippen LogP contribution in [0.25, 0.3) is 0 Å². The van der Waals surface area contributed by atoms with Crippen LogP contribution in [-0.2, 0) is 16.0 Å². The molecule has 2 heterocycles. The van der Waals surface area contributed by atoms with Crippen molar-refractivity contribution in [2.24, 2.45) is 0 Å². The maximum atomic E-state index is 12.2. The van der Waals surface area contributed by atoms with Gasteiger partial charge in [-0.25, -0.2) is 0 Å². The summed E-state index contributed by atoms with van der Waals surface area (Å²) in [7, 11) is 0. The van der Waals surface area contributed by atoms with E-state index < -0.39 is 0 Å². The molecule has 1 aromatic carbocycles. The Bertz CT molecular complexity index is 438. The molecule has 0 aromatic heterocycles. The molecule has 2 unspecified atom stereocenters. The van der Waals surface area contributed by atoms with Gasteiger partial charge in [-0.05, 0) is 36.1 Å². The Morgan fingerprint density at radius 1 is 1.39 bits per heavy atom. The minimum Gasteiger partial charge on any atom is -0.373 e. The van der Waals surface area contributed by atoms with Gasteiger partial charge in [-0.1, -0.05) is 24.3 Å². The molecule has 1 fully saturated rings. The van der Waals surface area contributed by atoms with Crippen LogP contribution >= 0.6 is 11.8 Å². The van der Waals surface area contributed by atoms with Crippen LogP contribution in [0.15, 0.2) is 24.3 Å². The molecule has 2 aliphatic heterocycles. The standard InChI is InChI=1S/C15H18O2S/c16-13(15-6-3-9-18-15)10-14-12-5-2-1-4-11(12)7-8-17-14/h1-2,4-5,14-15H,3,6-10H2. The van der Waals surface area contributed by atoms with E-state index in [-0.39, 0.29) is 11.4 Å². The Balaban J connectivity index is 1.72. The van der Waals surface area contributed by atoms with Crippen molar-refractivity contribution in [3.63, 3.8) is 0 Å². The number of rotatable bonds is 3. The average Bonchev–Trinajstić information content (AvgIpc) is 2.93. The van der Waals surface area contributed by atoms with Crippen LogP contribution < -0.4 is 0 Å². The summed E-state index contributed by atoms with van der Waals surface area (Å²) in [5.41, 5.74) is 2.57. The van der Waals surface area contributed by atoms with Gasteiger partial charge in [0.15, 0.2) is 0 Å². The number of ketones is 1. The topological polar surface area (TPSA) is 26.3 Å². The summed E-state index contributed by atoms with van der Waals surface area (Å²) in [6, 6.07) is 8.36. The first kappa shape index (κ1) is 12.2. The maximum absolute atomic E-state index is 12.2. The lowest BCUT2D eigenvalue weighted by atomic mass is 9.93. The monoisotopic (exact) mass is 262 g/mol. The molecular weight excluding hydrogens is 244 g/mol. The zero-order valence-corrected chi connectivity index (χ0v) is 11.2. The molecule has 1 aromatic rings. The highest BCUT2D eigenvalue weighted by Gasteiger charge is 2.28. The van der Waals surface area contributed by atoms with E-state index in [9.17, 15) is 4.79 Å². The highest BCUT2D eigenvalue weighted by atomic mass is 32.2. The van der Waals surface area contributed by atoms with Crippen molar-refractivity contribution >= 4 is 17.5 Å². The summed E-state index contributed by atoms with van der Waals surface area (Å²) in [5.74, 6) is 1.51. The molecule has 0 amide bonds. The second kappa shape index (κ2) is 5.45. The number of ether oxygens (including phenoxy) is 1. The predicted octanol–water partition coefficient (Wildman–Crippen LogP) is 3.16. The lowest BCUT2D eigenvalue weighted by Crippen LogP contribution is -2.23. The molecule has 3 heteroatoms. The second-order valence-electron chi connectivity index (χ2n) is 4.98. The van der Waals surface area contributed by atoms with Gasteiger partial charge in [-0.3, -0.25) is 4.79 Å². The summed E-state index contributed by atoms with van der Waals surface area (Å²) in [5, 5.41) is 0.225. The van der Waals surface area contributed by atoms with Crippen molar-refractivity contribution in [2.75, 3.05) is 12.4 Å². The molecule has 0 spiro atoms. The lowest BCUT2D eigenvalue weighted by Gasteiger charge is -2.26. The summed E-state index contributed by atoms with van der Waals surface area (Å²) in [6.45, 7) is 0.743.